The molecule has 1 aromatic carbocycles. The van der Waals surface area contributed by atoms with Crippen molar-refractivity contribution >= 4 is 17.5 Å². The minimum Gasteiger partial charge on any atom is -0.384 e. The minimum atomic E-state index is 0.121. The third-order valence-electron chi connectivity index (χ3n) is 3.21. The summed E-state index contributed by atoms with van der Waals surface area (Å²) in [6.07, 6.45) is 1.35. The molecule has 0 aliphatic heterocycles. The summed E-state index contributed by atoms with van der Waals surface area (Å²) in [5.41, 5.74) is 1.05. The summed E-state index contributed by atoms with van der Waals surface area (Å²) in [5, 5.41) is 0.700. The summed E-state index contributed by atoms with van der Waals surface area (Å²) in [7, 11) is 1.61. The highest BCUT2D eigenvalue weighted by atomic mass is 35.5. The molecule has 0 aliphatic rings. The van der Waals surface area contributed by atoms with Crippen LogP contribution in [0, 0.1) is 0 Å². The van der Waals surface area contributed by atoms with Gasteiger partial charge in [0.2, 0.25) is 5.91 Å². The zero-order valence-corrected chi connectivity index (χ0v) is 12.6. The highest BCUT2D eigenvalue weighted by Crippen LogP contribution is 2.16. The lowest BCUT2D eigenvalue weighted by Gasteiger charge is -2.29. The van der Waals surface area contributed by atoms with Crippen LogP contribution in [0.4, 0.5) is 0 Å². The minimum absolute atomic E-state index is 0.121. The van der Waals surface area contributed by atoms with Crippen LogP contribution in [0.25, 0.3) is 0 Å². The first-order valence-corrected chi connectivity index (χ1v) is 6.99. The number of ether oxygens (including phenoxy) is 1. The van der Waals surface area contributed by atoms with Gasteiger partial charge in [-0.2, -0.15) is 0 Å². The Morgan fingerprint density at radius 1 is 1.47 bits per heavy atom. The highest BCUT2D eigenvalue weighted by molar-refractivity contribution is 6.30. The van der Waals surface area contributed by atoms with Crippen LogP contribution < -0.4 is 0 Å². The summed E-state index contributed by atoms with van der Waals surface area (Å²) in [5.74, 6) is 0.121. The molecule has 0 bridgehead atoms. The van der Waals surface area contributed by atoms with E-state index in [1.165, 1.54) is 0 Å². The molecule has 0 radical (unpaired) electrons. The Morgan fingerprint density at radius 2 is 2.21 bits per heavy atom. The van der Waals surface area contributed by atoms with Crippen molar-refractivity contribution in [3.05, 3.63) is 34.9 Å². The SMILES string of the molecule is CC[C@H](C)N(Cc1cccc(Cl)c1)C(=O)CCOC. The molecule has 0 spiro atoms. The Kier molecular flexibility index (Phi) is 6.89. The van der Waals surface area contributed by atoms with E-state index in [1.54, 1.807) is 7.11 Å². The number of carbonyl (C=O) groups is 1. The van der Waals surface area contributed by atoms with Crippen LogP contribution in [0.3, 0.4) is 0 Å². The Balaban J connectivity index is 2.77. The van der Waals surface area contributed by atoms with Gasteiger partial charge >= 0.3 is 0 Å². The van der Waals surface area contributed by atoms with Gasteiger partial charge in [-0.05, 0) is 31.0 Å². The van der Waals surface area contributed by atoms with E-state index in [9.17, 15) is 4.79 Å². The van der Waals surface area contributed by atoms with Crippen molar-refractivity contribution < 1.29 is 9.53 Å². The largest absolute Gasteiger partial charge is 0.384 e. The van der Waals surface area contributed by atoms with E-state index in [2.05, 4.69) is 13.8 Å². The maximum absolute atomic E-state index is 12.2. The van der Waals surface area contributed by atoms with E-state index in [4.69, 9.17) is 16.3 Å². The van der Waals surface area contributed by atoms with E-state index >= 15 is 0 Å². The maximum Gasteiger partial charge on any atom is 0.225 e. The number of halogens is 1. The third-order valence-corrected chi connectivity index (χ3v) is 3.44. The average molecular weight is 284 g/mol. The lowest BCUT2D eigenvalue weighted by molar-refractivity contribution is -0.134. The fourth-order valence-electron chi connectivity index (χ4n) is 1.88. The Labute approximate surface area is 120 Å². The van der Waals surface area contributed by atoms with Crippen LogP contribution in [0.5, 0.6) is 0 Å². The van der Waals surface area contributed by atoms with Gasteiger partial charge in [0.1, 0.15) is 0 Å². The number of hydrogen-bond donors (Lipinski definition) is 0. The van der Waals surface area contributed by atoms with Crippen LogP contribution in [0.15, 0.2) is 24.3 Å². The second kappa shape index (κ2) is 8.18. The number of carbonyl (C=O) groups excluding carboxylic acids is 1. The van der Waals surface area contributed by atoms with Crippen molar-refractivity contribution in [3.63, 3.8) is 0 Å². The molecule has 0 heterocycles. The zero-order chi connectivity index (χ0) is 14.3. The average Bonchev–Trinajstić information content (AvgIpc) is 2.41. The molecule has 0 unspecified atom stereocenters. The van der Waals surface area contributed by atoms with E-state index in [1.807, 2.05) is 29.2 Å². The lowest BCUT2D eigenvalue weighted by Crippen LogP contribution is -2.38. The molecule has 0 saturated heterocycles. The number of methoxy groups -OCH3 is 1. The van der Waals surface area contributed by atoms with Crippen molar-refractivity contribution in [2.45, 2.75) is 39.3 Å². The van der Waals surface area contributed by atoms with Crippen molar-refractivity contribution in [2.24, 2.45) is 0 Å². The number of rotatable bonds is 7. The molecule has 0 N–H and O–H groups in total. The molecular formula is C15H22ClNO2. The number of amides is 1. The van der Waals surface area contributed by atoms with Crippen molar-refractivity contribution in [1.82, 2.24) is 4.90 Å². The van der Waals surface area contributed by atoms with Gasteiger partial charge in [0.15, 0.2) is 0 Å². The Morgan fingerprint density at radius 3 is 2.79 bits per heavy atom. The monoisotopic (exact) mass is 283 g/mol. The van der Waals surface area contributed by atoms with Crippen molar-refractivity contribution in [1.29, 1.82) is 0 Å². The smallest absolute Gasteiger partial charge is 0.225 e. The quantitative estimate of drug-likeness (QED) is 0.766. The van der Waals surface area contributed by atoms with E-state index in [-0.39, 0.29) is 11.9 Å². The summed E-state index contributed by atoms with van der Waals surface area (Å²) >= 11 is 5.98. The van der Waals surface area contributed by atoms with Crippen LogP contribution >= 0.6 is 11.6 Å². The molecule has 1 aromatic rings. The molecule has 1 atom stereocenters. The normalized spacial score (nSPS) is 12.2. The molecule has 0 saturated carbocycles. The van der Waals surface area contributed by atoms with Gasteiger partial charge in [0.05, 0.1) is 13.0 Å². The van der Waals surface area contributed by atoms with Crippen molar-refractivity contribution in [2.75, 3.05) is 13.7 Å². The van der Waals surface area contributed by atoms with Crippen LogP contribution in [-0.2, 0) is 16.1 Å². The third kappa shape index (κ3) is 5.21. The van der Waals surface area contributed by atoms with Gasteiger partial charge in [-0.25, -0.2) is 0 Å². The first-order valence-electron chi connectivity index (χ1n) is 6.61. The lowest BCUT2D eigenvalue weighted by atomic mass is 10.1. The fraction of sp³-hybridized carbons (Fsp3) is 0.533. The van der Waals surface area contributed by atoms with Gasteiger partial charge in [-0.15, -0.1) is 0 Å². The summed E-state index contributed by atoms with van der Waals surface area (Å²) in [6.45, 7) is 5.20. The Hall–Kier alpha value is -1.06. The molecule has 106 valence electrons. The van der Waals surface area contributed by atoms with Crippen molar-refractivity contribution in [3.8, 4) is 0 Å². The van der Waals surface area contributed by atoms with Gasteiger partial charge < -0.3 is 9.64 Å². The summed E-state index contributed by atoms with van der Waals surface area (Å²) in [4.78, 5) is 14.1. The predicted octanol–water partition coefficient (Wildman–Crippen LogP) is 3.50. The first-order chi connectivity index (χ1) is 9.08. The van der Waals surface area contributed by atoms with E-state index in [0.29, 0.717) is 24.6 Å². The highest BCUT2D eigenvalue weighted by Gasteiger charge is 2.18. The number of nitrogens with zero attached hydrogens (tertiary/aromatic N) is 1. The molecule has 4 heteroatoms. The number of hydrogen-bond acceptors (Lipinski definition) is 2. The predicted molar refractivity (Wildman–Crippen MR) is 78.2 cm³/mol. The van der Waals surface area contributed by atoms with Crippen LogP contribution in [0.2, 0.25) is 5.02 Å². The maximum atomic E-state index is 12.2. The van der Waals surface area contributed by atoms with E-state index < -0.39 is 0 Å². The first kappa shape index (κ1) is 16.0. The molecule has 0 aromatic heterocycles. The molecule has 1 rings (SSSR count). The van der Waals surface area contributed by atoms with Crippen LogP contribution in [0.1, 0.15) is 32.3 Å². The molecule has 19 heavy (non-hydrogen) atoms. The standard InChI is InChI=1S/C15H22ClNO2/c1-4-12(2)17(15(18)8-9-19-3)11-13-6-5-7-14(16)10-13/h5-7,10,12H,4,8-9,11H2,1-3H3/t12-/m0/s1. The summed E-state index contributed by atoms with van der Waals surface area (Å²) in [6, 6.07) is 7.85. The Bertz CT molecular complexity index is 409. The van der Waals surface area contributed by atoms with Gasteiger partial charge in [-0.1, -0.05) is 30.7 Å². The molecule has 0 aliphatic carbocycles. The number of benzene rings is 1. The second-order valence-electron chi connectivity index (χ2n) is 4.65. The zero-order valence-electron chi connectivity index (χ0n) is 11.9. The van der Waals surface area contributed by atoms with Gasteiger partial charge in [0.25, 0.3) is 0 Å². The molecule has 3 nitrogen and oxygen atoms in total. The molecule has 0 fully saturated rings. The van der Waals surface area contributed by atoms with Gasteiger partial charge in [0, 0.05) is 24.7 Å². The summed E-state index contributed by atoms with van der Waals surface area (Å²) < 4.78 is 4.98. The fourth-order valence-corrected chi connectivity index (χ4v) is 2.09. The molecular weight excluding hydrogens is 262 g/mol. The van der Waals surface area contributed by atoms with Crippen LogP contribution in [-0.4, -0.2) is 30.6 Å². The van der Waals surface area contributed by atoms with E-state index in [0.717, 1.165) is 12.0 Å². The second-order valence-corrected chi connectivity index (χ2v) is 5.09. The van der Waals surface area contributed by atoms with Gasteiger partial charge in [-0.3, -0.25) is 4.79 Å². The topological polar surface area (TPSA) is 29.5 Å². The molecule has 1 amide bonds.